The van der Waals surface area contributed by atoms with Gasteiger partial charge in [0, 0.05) is 24.7 Å². The maximum absolute atomic E-state index is 12.4. The van der Waals surface area contributed by atoms with Gasteiger partial charge >= 0.3 is 5.69 Å². The van der Waals surface area contributed by atoms with Gasteiger partial charge in [0.1, 0.15) is 5.82 Å². The van der Waals surface area contributed by atoms with Crippen molar-refractivity contribution in [2.24, 2.45) is 13.0 Å². The number of ether oxygens (including phenoxy) is 1. The number of hydrogen-bond donors (Lipinski definition) is 1. The van der Waals surface area contributed by atoms with E-state index in [4.69, 9.17) is 4.74 Å². The van der Waals surface area contributed by atoms with E-state index in [-0.39, 0.29) is 23.1 Å². The Bertz CT molecular complexity index is 956. The van der Waals surface area contributed by atoms with Crippen molar-refractivity contribution >= 4 is 5.95 Å². The Morgan fingerprint density at radius 3 is 2.69 bits per heavy atom. The summed E-state index contributed by atoms with van der Waals surface area (Å²) < 4.78 is 9.64. The van der Waals surface area contributed by atoms with Crippen LogP contribution in [0.4, 0.5) is 5.95 Å². The van der Waals surface area contributed by atoms with Crippen LogP contribution in [0.5, 0.6) is 0 Å². The quantitative estimate of drug-likeness (QED) is 0.855. The minimum atomic E-state index is -0.495. The van der Waals surface area contributed by atoms with Crippen molar-refractivity contribution in [2.75, 3.05) is 11.4 Å². The highest BCUT2D eigenvalue weighted by Crippen LogP contribution is 2.52. The van der Waals surface area contributed by atoms with E-state index in [1.54, 1.807) is 17.8 Å². The van der Waals surface area contributed by atoms with Gasteiger partial charge in [-0.3, -0.25) is 19.0 Å². The molecule has 4 heterocycles. The fourth-order valence-corrected chi connectivity index (χ4v) is 4.26. The minimum Gasteiger partial charge on any atom is -0.347 e. The van der Waals surface area contributed by atoms with Crippen molar-refractivity contribution in [3.63, 3.8) is 0 Å². The van der Waals surface area contributed by atoms with Gasteiger partial charge in [0.05, 0.1) is 18.2 Å². The number of nitrogens with zero attached hydrogens (tertiary/aromatic N) is 5. The molecule has 2 aliphatic rings. The Balaban J connectivity index is 1.82. The van der Waals surface area contributed by atoms with E-state index in [1.807, 2.05) is 14.0 Å². The molecule has 2 aromatic rings. The zero-order valence-electron chi connectivity index (χ0n) is 15.7. The second-order valence-corrected chi connectivity index (χ2v) is 7.40. The standard InChI is InChI=1S/C17H24N6O3/c1-6-17-8-23(15-18-11(4)21(5)20-15)12(10(17)3)14(26-17)22-7-9(2)13(24)19-16(22)25/h7,10,12,14H,6,8H2,1-5H3,(H,19,24,25)/t10-,12+,14?,17-/m0/s1. The van der Waals surface area contributed by atoms with Gasteiger partial charge in [-0.2, -0.15) is 4.98 Å². The predicted molar refractivity (Wildman–Crippen MR) is 95.2 cm³/mol. The molecule has 2 aromatic heterocycles. The molecule has 2 saturated heterocycles. The molecule has 0 amide bonds. The molecule has 0 radical (unpaired) electrons. The van der Waals surface area contributed by atoms with Crippen LogP contribution in [0.1, 0.15) is 37.9 Å². The average Bonchev–Trinajstić information content (AvgIpc) is 3.19. The van der Waals surface area contributed by atoms with Gasteiger partial charge in [-0.15, -0.1) is 5.10 Å². The van der Waals surface area contributed by atoms with E-state index in [0.717, 1.165) is 12.2 Å². The van der Waals surface area contributed by atoms with Gasteiger partial charge in [0.2, 0.25) is 5.95 Å². The highest BCUT2D eigenvalue weighted by molar-refractivity contribution is 5.39. The molecule has 140 valence electrons. The lowest BCUT2D eigenvalue weighted by atomic mass is 9.88. The molecular formula is C17H24N6O3. The van der Waals surface area contributed by atoms with Crippen LogP contribution in [0.2, 0.25) is 0 Å². The molecule has 0 spiro atoms. The lowest BCUT2D eigenvalue weighted by Gasteiger charge is -2.37. The smallest absolute Gasteiger partial charge is 0.330 e. The zero-order valence-corrected chi connectivity index (χ0v) is 15.7. The molecule has 1 unspecified atom stereocenters. The molecule has 9 heteroatoms. The summed E-state index contributed by atoms with van der Waals surface area (Å²) >= 11 is 0. The van der Waals surface area contributed by atoms with Crippen molar-refractivity contribution < 1.29 is 4.74 Å². The van der Waals surface area contributed by atoms with Crippen molar-refractivity contribution in [3.05, 3.63) is 38.4 Å². The molecule has 2 aliphatic heterocycles. The third kappa shape index (κ3) is 2.19. The Kier molecular flexibility index (Phi) is 3.62. The summed E-state index contributed by atoms with van der Waals surface area (Å²) in [4.78, 5) is 33.2. The fraction of sp³-hybridized carbons (Fsp3) is 0.647. The van der Waals surface area contributed by atoms with E-state index in [9.17, 15) is 9.59 Å². The van der Waals surface area contributed by atoms with E-state index in [1.165, 1.54) is 4.57 Å². The van der Waals surface area contributed by atoms with Crippen molar-refractivity contribution in [3.8, 4) is 0 Å². The summed E-state index contributed by atoms with van der Waals surface area (Å²) in [6, 6.07) is -0.0836. The van der Waals surface area contributed by atoms with Crippen LogP contribution in [0.15, 0.2) is 15.8 Å². The Hall–Kier alpha value is -2.42. The summed E-state index contributed by atoms with van der Waals surface area (Å²) in [5, 5.41) is 4.52. The molecule has 1 N–H and O–H groups in total. The first-order valence-electron chi connectivity index (χ1n) is 8.91. The second kappa shape index (κ2) is 5.54. The number of aromatic nitrogens is 5. The lowest BCUT2D eigenvalue weighted by molar-refractivity contribution is -0.0952. The first-order valence-corrected chi connectivity index (χ1v) is 8.91. The molecule has 0 saturated carbocycles. The average molecular weight is 360 g/mol. The number of aryl methyl sites for hydroxylation is 3. The van der Waals surface area contributed by atoms with Crippen LogP contribution in [0, 0.1) is 19.8 Å². The molecule has 4 atom stereocenters. The third-order valence-electron chi connectivity index (χ3n) is 6.03. The summed E-state index contributed by atoms with van der Waals surface area (Å²) in [7, 11) is 1.86. The molecule has 2 fully saturated rings. The number of fused-ring (bicyclic) bond motifs is 2. The van der Waals surface area contributed by atoms with Crippen molar-refractivity contribution in [2.45, 2.75) is 52.0 Å². The number of nitrogens with one attached hydrogen (secondary N) is 1. The van der Waals surface area contributed by atoms with Gasteiger partial charge in [0.25, 0.3) is 5.56 Å². The number of rotatable bonds is 3. The third-order valence-corrected chi connectivity index (χ3v) is 6.03. The van der Waals surface area contributed by atoms with E-state index in [0.29, 0.717) is 18.1 Å². The number of aromatic amines is 1. The van der Waals surface area contributed by atoms with Crippen molar-refractivity contribution in [1.82, 2.24) is 24.3 Å². The van der Waals surface area contributed by atoms with Crippen LogP contribution < -0.4 is 16.1 Å². The number of H-pyrrole nitrogens is 1. The molecule has 0 aromatic carbocycles. The largest absolute Gasteiger partial charge is 0.347 e. The fourth-order valence-electron chi connectivity index (χ4n) is 4.26. The topological polar surface area (TPSA) is 98.0 Å². The van der Waals surface area contributed by atoms with Crippen molar-refractivity contribution in [1.29, 1.82) is 0 Å². The summed E-state index contributed by atoms with van der Waals surface area (Å²) in [5.74, 6) is 1.68. The molecule has 4 rings (SSSR count). The summed E-state index contributed by atoms with van der Waals surface area (Å²) in [6.45, 7) is 8.52. The van der Waals surface area contributed by atoms with Gasteiger partial charge in [-0.25, -0.2) is 4.79 Å². The zero-order chi connectivity index (χ0) is 18.8. The van der Waals surface area contributed by atoms with Crippen LogP contribution >= 0.6 is 0 Å². The van der Waals surface area contributed by atoms with Crippen LogP contribution in [0.3, 0.4) is 0 Å². The summed E-state index contributed by atoms with van der Waals surface area (Å²) in [6.07, 6.45) is 1.91. The predicted octanol–water partition coefficient (Wildman–Crippen LogP) is 0.484. The first-order chi connectivity index (χ1) is 12.3. The first kappa shape index (κ1) is 17.0. The van der Waals surface area contributed by atoms with E-state index >= 15 is 0 Å². The van der Waals surface area contributed by atoms with Gasteiger partial charge in [-0.1, -0.05) is 13.8 Å². The molecule has 0 aliphatic carbocycles. The van der Waals surface area contributed by atoms with E-state index in [2.05, 4.69) is 33.8 Å². The normalized spacial score (nSPS) is 30.3. The van der Waals surface area contributed by atoms with Gasteiger partial charge in [0.15, 0.2) is 6.23 Å². The molecular weight excluding hydrogens is 336 g/mol. The summed E-state index contributed by atoms with van der Waals surface area (Å²) in [5.41, 5.74) is -0.716. The lowest BCUT2D eigenvalue weighted by Crippen LogP contribution is -2.49. The minimum absolute atomic E-state index is 0.0836. The Morgan fingerprint density at radius 1 is 1.38 bits per heavy atom. The number of morpholine rings is 1. The monoisotopic (exact) mass is 360 g/mol. The Morgan fingerprint density at radius 2 is 2.12 bits per heavy atom. The molecule has 9 nitrogen and oxygen atoms in total. The molecule has 2 bridgehead atoms. The van der Waals surface area contributed by atoms with Crippen LogP contribution in [-0.4, -0.2) is 42.5 Å². The number of anilines is 1. The Labute approximate surface area is 150 Å². The van der Waals surface area contributed by atoms with Crippen LogP contribution in [0.25, 0.3) is 0 Å². The maximum Gasteiger partial charge on any atom is 0.330 e. The highest BCUT2D eigenvalue weighted by Gasteiger charge is 2.62. The number of hydrogen-bond acceptors (Lipinski definition) is 6. The van der Waals surface area contributed by atoms with Gasteiger partial charge in [-0.05, 0) is 20.3 Å². The highest BCUT2D eigenvalue weighted by atomic mass is 16.5. The van der Waals surface area contributed by atoms with Crippen LogP contribution in [-0.2, 0) is 11.8 Å². The van der Waals surface area contributed by atoms with E-state index < -0.39 is 11.9 Å². The second-order valence-electron chi connectivity index (χ2n) is 7.40. The molecule has 26 heavy (non-hydrogen) atoms. The van der Waals surface area contributed by atoms with Gasteiger partial charge < -0.3 is 9.64 Å². The SMILES string of the molecule is CC[C@@]12CN(c3nc(C)n(C)n3)[C@@H](C(n3cc(C)c(=O)[nH]c3=O)O1)[C@@H]2C. The maximum atomic E-state index is 12.4.